The average Bonchev–Trinajstić information content (AvgIpc) is 2.81. The first-order valence-corrected chi connectivity index (χ1v) is 7.33. The zero-order valence-electron chi connectivity index (χ0n) is 12.1. The molecule has 0 amide bonds. The fourth-order valence-electron chi connectivity index (χ4n) is 2.91. The third kappa shape index (κ3) is 2.28. The van der Waals surface area contributed by atoms with Crippen molar-refractivity contribution in [1.82, 2.24) is 9.78 Å². The average molecular weight is 268 g/mol. The van der Waals surface area contributed by atoms with E-state index in [0.717, 1.165) is 36.3 Å². The molecule has 104 valence electrons. The fraction of sp³-hybridized carbons (Fsp3) is 0.412. The molecule has 0 radical (unpaired) electrons. The van der Waals surface area contributed by atoms with Crippen molar-refractivity contribution in [3.05, 3.63) is 52.8 Å². The lowest BCUT2D eigenvalue weighted by molar-refractivity contribution is 0.0970. The van der Waals surface area contributed by atoms with E-state index in [1.165, 1.54) is 5.56 Å². The Hall–Kier alpha value is -1.90. The van der Waals surface area contributed by atoms with E-state index in [-0.39, 0.29) is 5.78 Å². The number of hydrogen-bond acceptors (Lipinski definition) is 2. The number of hydrogen-bond donors (Lipinski definition) is 0. The number of nitrogens with zero attached hydrogens (tertiary/aromatic N) is 2. The minimum absolute atomic E-state index is 0.272. The van der Waals surface area contributed by atoms with Crippen LogP contribution in [0.15, 0.2) is 30.3 Å². The zero-order valence-corrected chi connectivity index (χ0v) is 12.1. The molecule has 0 fully saturated rings. The Morgan fingerprint density at radius 1 is 1.20 bits per heavy atom. The minimum atomic E-state index is 0.272. The summed E-state index contributed by atoms with van der Waals surface area (Å²) in [6.07, 6.45) is 2.58. The van der Waals surface area contributed by atoms with E-state index in [9.17, 15) is 4.79 Å². The summed E-state index contributed by atoms with van der Waals surface area (Å²) in [5.74, 6) is 0.567. The maximum absolute atomic E-state index is 12.2. The van der Waals surface area contributed by atoms with Crippen molar-refractivity contribution < 1.29 is 4.79 Å². The summed E-state index contributed by atoms with van der Waals surface area (Å²) in [5.41, 5.74) is 4.24. The minimum Gasteiger partial charge on any atom is -0.294 e. The van der Waals surface area contributed by atoms with E-state index in [0.29, 0.717) is 12.3 Å². The lowest BCUT2D eigenvalue weighted by Gasteiger charge is -2.14. The Labute approximate surface area is 119 Å². The van der Waals surface area contributed by atoms with Crippen molar-refractivity contribution in [2.24, 2.45) is 0 Å². The highest BCUT2D eigenvalue weighted by molar-refractivity contribution is 5.99. The monoisotopic (exact) mass is 268 g/mol. The maximum atomic E-state index is 12.2. The first-order valence-electron chi connectivity index (χ1n) is 7.33. The third-order valence-electron chi connectivity index (χ3n) is 3.90. The highest BCUT2D eigenvalue weighted by atomic mass is 16.1. The lowest BCUT2D eigenvalue weighted by Crippen LogP contribution is -2.14. The van der Waals surface area contributed by atoms with Crippen LogP contribution in [-0.2, 0) is 13.0 Å². The molecule has 3 rings (SSSR count). The van der Waals surface area contributed by atoms with Crippen molar-refractivity contribution in [3.8, 4) is 0 Å². The first-order chi connectivity index (χ1) is 9.66. The van der Waals surface area contributed by atoms with Gasteiger partial charge in [0.1, 0.15) is 0 Å². The van der Waals surface area contributed by atoms with Gasteiger partial charge in [-0.25, -0.2) is 0 Å². The molecule has 0 saturated carbocycles. The molecule has 0 N–H and O–H groups in total. The van der Waals surface area contributed by atoms with E-state index >= 15 is 0 Å². The molecule has 2 aromatic rings. The van der Waals surface area contributed by atoms with Gasteiger partial charge in [0.2, 0.25) is 0 Å². The van der Waals surface area contributed by atoms with Crippen LogP contribution in [0.2, 0.25) is 0 Å². The van der Waals surface area contributed by atoms with E-state index in [2.05, 4.69) is 26.0 Å². The van der Waals surface area contributed by atoms with Gasteiger partial charge in [0.15, 0.2) is 5.78 Å². The van der Waals surface area contributed by atoms with Gasteiger partial charge in [-0.2, -0.15) is 5.10 Å². The molecule has 1 aliphatic carbocycles. The summed E-state index contributed by atoms with van der Waals surface area (Å²) >= 11 is 0. The van der Waals surface area contributed by atoms with Crippen LogP contribution in [0, 0.1) is 0 Å². The van der Waals surface area contributed by atoms with Gasteiger partial charge in [0.05, 0.1) is 17.8 Å². The van der Waals surface area contributed by atoms with Crippen LogP contribution in [0.5, 0.6) is 0 Å². The molecule has 0 unspecified atom stereocenters. The van der Waals surface area contributed by atoms with Crippen molar-refractivity contribution in [2.45, 2.75) is 45.6 Å². The molecule has 1 heterocycles. The van der Waals surface area contributed by atoms with Gasteiger partial charge in [-0.1, -0.05) is 44.2 Å². The van der Waals surface area contributed by atoms with E-state index in [1.54, 1.807) is 0 Å². The number of fused-ring (bicyclic) bond motifs is 1. The number of carbonyl (C=O) groups excluding carboxylic acids is 1. The zero-order chi connectivity index (χ0) is 14.1. The highest BCUT2D eigenvalue weighted by Gasteiger charge is 2.27. The summed E-state index contributed by atoms with van der Waals surface area (Å²) < 4.78 is 2.04. The van der Waals surface area contributed by atoms with Crippen LogP contribution < -0.4 is 0 Å². The summed E-state index contributed by atoms with van der Waals surface area (Å²) in [7, 11) is 0. The molecule has 0 bridgehead atoms. The molecule has 0 spiro atoms. The van der Waals surface area contributed by atoms with Crippen molar-refractivity contribution in [3.63, 3.8) is 0 Å². The van der Waals surface area contributed by atoms with Gasteiger partial charge in [-0.05, 0) is 24.3 Å². The van der Waals surface area contributed by atoms with E-state index < -0.39 is 0 Å². The second kappa shape index (κ2) is 5.23. The molecular weight excluding hydrogens is 248 g/mol. The predicted molar refractivity (Wildman–Crippen MR) is 79.1 cm³/mol. The molecule has 20 heavy (non-hydrogen) atoms. The van der Waals surface area contributed by atoms with Crippen LogP contribution >= 0.6 is 0 Å². The third-order valence-corrected chi connectivity index (χ3v) is 3.90. The molecule has 1 aliphatic rings. The number of Topliss-reactive ketones (excluding diaryl/α,β-unsaturated/α-hetero) is 1. The number of aromatic nitrogens is 2. The molecule has 1 aromatic carbocycles. The van der Waals surface area contributed by atoms with Crippen molar-refractivity contribution >= 4 is 5.78 Å². The molecule has 3 nitrogen and oxygen atoms in total. The van der Waals surface area contributed by atoms with Crippen molar-refractivity contribution in [1.29, 1.82) is 0 Å². The van der Waals surface area contributed by atoms with Crippen LogP contribution in [0.1, 0.15) is 59.9 Å². The van der Waals surface area contributed by atoms with Gasteiger partial charge < -0.3 is 0 Å². The SMILES string of the molecule is CC(C)c1nn(Cc2ccccc2)c2c1C(=O)CCC2. The fourth-order valence-corrected chi connectivity index (χ4v) is 2.91. The van der Waals surface area contributed by atoms with Crippen LogP contribution in [0.25, 0.3) is 0 Å². The number of benzene rings is 1. The quantitative estimate of drug-likeness (QED) is 0.853. The summed E-state index contributed by atoms with van der Waals surface area (Å²) in [4.78, 5) is 12.2. The lowest BCUT2D eigenvalue weighted by atomic mass is 9.91. The number of ketones is 1. The topological polar surface area (TPSA) is 34.9 Å². The Kier molecular flexibility index (Phi) is 3.43. The van der Waals surface area contributed by atoms with Gasteiger partial charge >= 0.3 is 0 Å². The van der Waals surface area contributed by atoms with Gasteiger partial charge in [0, 0.05) is 12.1 Å². The molecule has 1 aromatic heterocycles. The molecular formula is C17H20N2O. The van der Waals surface area contributed by atoms with Crippen molar-refractivity contribution in [2.75, 3.05) is 0 Å². The smallest absolute Gasteiger partial charge is 0.166 e. The maximum Gasteiger partial charge on any atom is 0.166 e. The van der Waals surface area contributed by atoms with Crippen LogP contribution in [-0.4, -0.2) is 15.6 Å². The Bertz CT molecular complexity index is 626. The van der Waals surface area contributed by atoms with Gasteiger partial charge in [-0.15, -0.1) is 0 Å². The molecule has 0 atom stereocenters. The van der Waals surface area contributed by atoms with Crippen LogP contribution in [0.4, 0.5) is 0 Å². The summed E-state index contributed by atoms with van der Waals surface area (Å²) in [5, 5.41) is 4.73. The number of carbonyl (C=O) groups is 1. The second-order valence-corrected chi connectivity index (χ2v) is 5.78. The highest BCUT2D eigenvalue weighted by Crippen LogP contribution is 2.29. The Balaban J connectivity index is 2.04. The Morgan fingerprint density at radius 2 is 1.95 bits per heavy atom. The molecule has 3 heteroatoms. The normalized spacial score (nSPS) is 14.7. The molecule has 0 saturated heterocycles. The van der Waals surface area contributed by atoms with E-state index in [4.69, 9.17) is 5.10 Å². The standard InChI is InChI=1S/C17H20N2O/c1-12(2)17-16-14(9-6-10-15(16)20)19(18-17)11-13-7-4-3-5-8-13/h3-5,7-8,12H,6,9-11H2,1-2H3. The first kappa shape index (κ1) is 13.1. The summed E-state index contributed by atoms with van der Waals surface area (Å²) in [6.45, 7) is 4.97. The largest absolute Gasteiger partial charge is 0.294 e. The second-order valence-electron chi connectivity index (χ2n) is 5.78. The van der Waals surface area contributed by atoms with Crippen LogP contribution in [0.3, 0.4) is 0 Å². The van der Waals surface area contributed by atoms with Gasteiger partial charge in [-0.3, -0.25) is 9.48 Å². The van der Waals surface area contributed by atoms with Gasteiger partial charge in [0.25, 0.3) is 0 Å². The molecule has 0 aliphatic heterocycles. The predicted octanol–water partition coefficient (Wildman–Crippen LogP) is 3.57. The van der Waals surface area contributed by atoms with E-state index in [1.807, 2.05) is 22.9 Å². The number of rotatable bonds is 3. The summed E-state index contributed by atoms with van der Waals surface area (Å²) in [6, 6.07) is 10.3. The Morgan fingerprint density at radius 3 is 2.65 bits per heavy atom.